The molecule has 2 rings (SSSR count). The number of carboxylic acids is 1. The number of carboxylic acid groups (broad SMARTS) is 1. The van der Waals surface area contributed by atoms with Crippen LogP contribution in [0.3, 0.4) is 0 Å². The molecule has 3 heteroatoms. The van der Waals surface area contributed by atoms with E-state index in [0.29, 0.717) is 12.0 Å². The fourth-order valence-electron chi connectivity index (χ4n) is 3.68. The topological polar surface area (TPSA) is 40.5 Å². The Morgan fingerprint density at radius 2 is 2.12 bits per heavy atom. The van der Waals surface area contributed by atoms with Crippen LogP contribution in [-0.4, -0.2) is 35.1 Å². The normalized spacial score (nSPS) is 39.4. The van der Waals surface area contributed by atoms with E-state index in [0.717, 1.165) is 32.4 Å². The molecule has 98 valence electrons. The molecule has 1 saturated heterocycles. The van der Waals surface area contributed by atoms with Crippen LogP contribution in [0.4, 0.5) is 0 Å². The minimum atomic E-state index is -0.567. The summed E-state index contributed by atoms with van der Waals surface area (Å²) < 4.78 is 0. The molecule has 3 unspecified atom stereocenters. The van der Waals surface area contributed by atoms with E-state index in [-0.39, 0.29) is 0 Å². The number of carbonyl (C=O) groups is 1. The number of hydrogen-bond acceptors (Lipinski definition) is 2. The average molecular weight is 239 g/mol. The maximum atomic E-state index is 11.7. The van der Waals surface area contributed by atoms with Gasteiger partial charge in [-0.1, -0.05) is 19.8 Å². The van der Waals surface area contributed by atoms with Crippen molar-refractivity contribution in [1.82, 2.24) is 4.90 Å². The fraction of sp³-hybridized carbons (Fsp3) is 0.929. The maximum absolute atomic E-state index is 11.7. The van der Waals surface area contributed by atoms with Gasteiger partial charge in [-0.15, -0.1) is 0 Å². The highest BCUT2D eigenvalue weighted by atomic mass is 16.4. The van der Waals surface area contributed by atoms with Crippen molar-refractivity contribution in [3.05, 3.63) is 0 Å². The minimum Gasteiger partial charge on any atom is -0.481 e. The molecule has 0 aromatic heterocycles. The Balaban J connectivity index is 2.08. The first-order valence-corrected chi connectivity index (χ1v) is 7.01. The van der Waals surface area contributed by atoms with Crippen LogP contribution in [0.2, 0.25) is 0 Å². The van der Waals surface area contributed by atoms with Crippen LogP contribution in [0.5, 0.6) is 0 Å². The average Bonchev–Trinajstić information content (AvgIpc) is 2.64. The second-order valence-corrected chi connectivity index (χ2v) is 6.25. The summed E-state index contributed by atoms with van der Waals surface area (Å²) in [7, 11) is 0. The lowest BCUT2D eigenvalue weighted by atomic mass is 9.69. The summed E-state index contributed by atoms with van der Waals surface area (Å²) in [6, 6.07) is 0.573. The molecule has 3 atom stereocenters. The predicted octanol–water partition coefficient (Wildman–Crippen LogP) is 2.75. The third kappa shape index (κ3) is 2.65. The van der Waals surface area contributed by atoms with Gasteiger partial charge in [0.1, 0.15) is 0 Å². The Labute approximate surface area is 104 Å². The molecule has 17 heavy (non-hydrogen) atoms. The van der Waals surface area contributed by atoms with E-state index in [4.69, 9.17) is 0 Å². The lowest BCUT2D eigenvalue weighted by Gasteiger charge is -2.40. The van der Waals surface area contributed by atoms with Crippen molar-refractivity contribution in [3.8, 4) is 0 Å². The fourth-order valence-corrected chi connectivity index (χ4v) is 3.68. The molecule has 0 bridgehead atoms. The zero-order valence-corrected chi connectivity index (χ0v) is 11.1. The molecule has 1 saturated carbocycles. The van der Waals surface area contributed by atoms with E-state index in [2.05, 4.69) is 18.7 Å². The van der Waals surface area contributed by atoms with E-state index < -0.39 is 11.4 Å². The van der Waals surface area contributed by atoms with Gasteiger partial charge in [-0.05, 0) is 45.1 Å². The van der Waals surface area contributed by atoms with Crippen molar-refractivity contribution in [2.24, 2.45) is 11.3 Å². The van der Waals surface area contributed by atoms with Crippen molar-refractivity contribution in [2.45, 2.75) is 58.4 Å². The van der Waals surface area contributed by atoms with E-state index in [9.17, 15) is 9.90 Å². The van der Waals surface area contributed by atoms with Crippen molar-refractivity contribution < 1.29 is 9.90 Å². The highest BCUT2D eigenvalue weighted by Gasteiger charge is 2.44. The molecule has 0 aromatic carbocycles. The highest BCUT2D eigenvalue weighted by Crippen LogP contribution is 2.41. The van der Waals surface area contributed by atoms with Crippen LogP contribution >= 0.6 is 0 Å². The minimum absolute atomic E-state index is 0.462. The van der Waals surface area contributed by atoms with Gasteiger partial charge in [-0.25, -0.2) is 0 Å². The Morgan fingerprint density at radius 3 is 2.65 bits per heavy atom. The SMILES string of the molecule is CC1CCCC(CN2CCCC2C)(C(=O)O)C1. The summed E-state index contributed by atoms with van der Waals surface area (Å²) >= 11 is 0. The number of likely N-dealkylation sites (tertiary alicyclic amines) is 1. The molecule has 3 nitrogen and oxygen atoms in total. The van der Waals surface area contributed by atoms with E-state index in [1.54, 1.807) is 0 Å². The lowest BCUT2D eigenvalue weighted by Crippen LogP contribution is -2.46. The summed E-state index contributed by atoms with van der Waals surface area (Å²) in [6.45, 7) is 6.29. The lowest BCUT2D eigenvalue weighted by molar-refractivity contribution is -0.153. The van der Waals surface area contributed by atoms with E-state index in [1.807, 2.05) is 0 Å². The maximum Gasteiger partial charge on any atom is 0.310 e. The molecular formula is C14H25NO2. The Bertz CT molecular complexity index is 292. The molecule has 1 heterocycles. The van der Waals surface area contributed by atoms with Crippen LogP contribution < -0.4 is 0 Å². The van der Waals surface area contributed by atoms with Crippen LogP contribution in [0.25, 0.3) is 0 Å². The van der Waals surface area contributed by atoms with Crippen molar-refractivity contribution in [3.63, 3.8) is 0 Å². The van der Waals surface area contributed by atoms with Gasteiger partial charge in [0.2, 0.25) is 0 Å². The molecule has 2 fully saturated rings. The summed E-state index contributed by atoms with van der Waals surface area (Å²) in [5, 5.41) is 9.63. The first kappa shape index (κ1) is 12.9. The van der Waals surface area contributed by atoms with Gasteiger partial charge in [0.25, 0.3) is 0 Å². The molecule has 1 aliphatic heterocycles. The van der Waals surface area contributed by atoms with Crippen LogP contribution in [-0.2, 0) is 4.79 Å². The Kier molecular flexibility index (Phi) is 3.76. The molecule has 0 amide bonds. The Hall–Kier alpha value is -0.570. The molecular weight excluding hydrogens is 214 g/mol. The summed E-state index contributed by atoms with van der Waals surface area (Å²) in [5.74, 6) is 0.000842. The third-order valence-electron chi connectivity index (χ3n) is 4.74. The first-order chi connectivity index (χ1) is 8.03. The number of aliphatic carboxylic acids is 1. The number of hydrogen-bond donors (Lipinski definition) is 1. The summed E-state index contributed by atoms with van der Waals surface area (Å²) in [4.78, 5) is 14.1. The number of rotatable bonds is 3. The quantitative estimate of drug-likeness (QED) is 0.823. The molecule has 1 N–H and O–H groups in total. The zero-order chi connectivity index (χ0) is 12.5. The van der Waals surface area contributed by atoms with Gasteiger partial charge in [0, 0.05) is 12.6 Å². The van der Waals surface area contributed by atoms with Gasteiger partial charge in [0.15, 0.2) is 0 Å². The Morgan fingerprint density at radius 1 is 1.35 bits per heavy atom. The summed E-state index contributed by atoms with van der Waals surface area (Å²) in [6.07, 6.45) is 6.47. The molecule has 0 radical (unpaired) electrons. The molecule has 1 aliphatic carbocycles. The molecule has 2 aliphatic rings. The smallest absolute Gasteiger partial charge is 0.310 e. The van der Waals surface area contributed by atoms with Crippen LogP contribution in [0, 0.1) is 11.3 Å². The van der Waals surface area contributed by atoms with Gasteiger partial charge < -0.3 is 5.11 Å². The monoisotopic (exact) mass is 239 g/mol. The van der Waals surface area contributed by atoms with E-state index >= 15 is 0 Å². The van der Waals surface area contributed by atoms with E-state index in [1.165, 1.54) is 19.3 Å². The summed E-state index contributed by atoms with van der Waals surface area (Å²) in [5.41, 5.74) is -0.462. The number of nitrogens with zero attached hydrogens (tertiary/aromatic N) is 1. The second-order valence-electron chi connectivity index (χ2n) is 6.25. The standard InChI is InChI=1S/C14H25NO2/c1-11-5-3-7-14(9-11,13(16)17)10-15-8-4-6-12(15)2/h11-12H,3-10H2,1-2H3,(H,16,17). The largest absolute Gasteiger partial charge is 0.481 e. The van der Waals surface area contributed by atoms with Gasteiger partial charge in [-0.2, -0.15) is 0 Å². The molecule has 0 aromatic rings. The second kappa shape index (κ2) is 4.97. The first-order valence-electron chi connectivity index (χ1n) is 7.01. The van der Waals surface area contributed by atoms with Crippen molar-refractivity contribution in [2.75, 3.05) is 13.1 Å². The van der Waals surface area contributed by atoms with Crippen LogP contribution in [0.1, 0.15) is 52.4 Å². The third-order valence-corrected chi connectivity index (χ3v) is 4.74. The highest BCUT2D eigenvalue weighted by molar-refractivity contribution is 5.75. The van der Waals surface area contributed by atoms with Gasteiger partial charge in [-0.3, -0.25) is 9.69 Å². The van der Waals surface area contributed by atoms with Crippen molar-refractivity contribution >= 4 is 5.97 Å². The van der Waals surface area contributed by atoms with Gasteiger partial charge in [0.05, 0.1) is 5.41 Å². The van der Waals surface area contributed by atoms with Crippen molar-refractivity contribution in [1.29, 1.82) is 0 Å². The van der Waals surface area contributed by atoms with Gasteiger partial charge >= 0.3 is 5.97 Å². The predicted molar refractivity (Wildman–Crippen MR) is 68.0 cm³/mol. The molecule has 0 spiro atoms. The zero-order valence-electron chi connectivity index (χ0n) is 11.1. The van der Waals surface area contributed by atoms with Crippen LogP contribution in [0.15, 0.2) is 0 Å².